The number of carbonyl (C=O) groups excluding carboxylic acids is 2. The molecule has 11 nitrogen and oxygen atoms in total. The second-order valence-corrected chi connectivity index (χ2v) is 16.2. The van der Waals surface area contributed by atoms with Gasteiger partial charge in [0.1, 0.15) is 12.7 Å². The van der Waals surface area contributed by atoms with Crippen molar-refractivity contribution in [2.24, 2.45) is 0 Å². The summed E-state index contributed by atoms with van der Waals surface area (Å²) in [5.41, 5.74) is 0. The molecular weight excluding hydrogens is 711 g/mol. The van der Waals surface area contributed by atoms with E-state index in [1.54, 1.807) is 0 Å². The number of aliphatic hydroxyl groups excluding tert-OH is 2. The van der Waals surface area contributed by atoms with Crippen molar-refractivity contribution in [2.75, 3.05) is 26.4 Å². The van der Waals surface area contributed by atoms with Crippen LogP contribution in [0.3, 0.4) is 0 Å². The third kappa shape index (κ3) is 31.6. The van der Waals surface area contributed by atoms with Gasteiger partial charge in [0.25, 0.3) is 0 Å². The highest BCUT2D eigenvalue weighted by molar-refractivity contribution is 7.47. The lowest BCUT2D eigenvalue weighted by atomic mass is 10.1. The highest BCUT2D eigenvalue weighted by atomic mass is 31.2. The number of hydrogen-bond acceptors (Lipinski definition) is 10. The van der Waals surface area contributed by atoms with E-state index in [2.05, 4.69) is 42.7 Å². The third-order valence-corrected chi connectivity index (χ3v) is 10.5. The molecule has 0 spiro atoms. The number of ether oxygens (including phenoxy) is 3. The van der Waals surface area contributed by atoms with Gasteiger partial charge in [-0.25, -0.2) is 4.57 Å². The summed E-state index contributed by atoms with van der Waals surface area (Å²) in [6.45, 7) is 2.31. The number of rotatable bonds is 39. The molecule has 0 aliphatic carbocycles. The number of allylic oxidation sites excluding steroid dienone is 3. The monoisotopic (exact) mass is 789 g/mol. The summed E-state index contributed by atoms with van der Waals surface area (Å²) in [6.07, 6.45) is 34.4. The molecule has 0 bridgehead atoms. The lowest BCUT2D eigenvalue weighted by molar-refractivity contribution is -0.161. The van der Waals surface area contributed by atoms with E-state index < -0.39 is 51.8 Å². The summed E-state index contributed by atoms with van der Waals surface area (Å²) in [5, 5.41) is 18.3. The Morgan fingerprint density at radius 2 is 1.15 bits per heavy atom. The molecule has 5 atom stereocenters. The standard InChI is InChI=1S/C42H77O11P/c1-3-5-7-9-11-12-13-14-15-16-17-18-19-23-28-32-42(46)52-38(36-51-54(47,48)50-34-37(44)33-43)35-49-41(45)31-27-24-20-22-26-30-40-39(53-40)29-25-21-10-8-6-4-2/h12-13,21,25,37-40,43-44H,3-11,14-20,22-24,26-36H2,1-2H3,(H,47,48)/b13-12-,25-21-/t37-,38+,39?,40?/m0/s1. The minimum absolute atomic E-state index is 0.174. The lowest BCUT2D eigenvalue weighted by Crippen LogP contribution is -2.29. The fourth-order valence-corrected chi connectivity index (χ4v) is 6.84. The summed E-state index contributed by atoms with van der Waals surface area (Å²) in [7, 11) is -4.62. The predicted octanol–water partition coefficient (Wildman–Crippen LogP) is 9.99. The Bertz CT molecular complexity index is 1020. The molecule has 1 aliphatic heterocycles. The smallest absolute Gasteiger partial charge is 0.462 e. The van der Waals surface area contributed by atoms with E-state index in [-0.39, 0.29) is 19.4 Å². The zero-order chi connectivity index (χ0) is 39.5. The minimum Gasteiger partial charge on any atom is -0.462 e. The van der Waals surface area contributed by atoms with Gasteiger partial charge >= 0.3 is 19.8 Å². The second kappa shape index (κ2) is 34.6. The van der Waals surface area contributed by atoms with Crippen molar-refractivity contribution in [1.29, 1.82) is 0 Å². The molecule has 0 aromatic heterocycles. The first-order valence-electron chi connectivity index (χ1n) is 21.4. The number of aliphatic hydroxyl groups is 2. The molecule has 0 aromatic rings. The van der Waals surface area contributed by atoms with Gasteiger partial charge in [0.05, 0.1) is 32.0 Å². The van der Waals surface area contributed by atoms with Crippen molar-refractivity contribution in [1.82, 2.24) is 0 Å². The molecule has 1 aliphatic rings. The van der Waals surface area contributed by atoms with E-state index in [9.17, 15) is 24.2 Å². The summed E-state index contributed by atoms with van der Waals surface area (Å²) in [4.78, 5) is 35.0. The van der Waals surface area contributed by atoms with E-state index >= 15 is 0 Å². The van der Waals surface area contributed by atoms with Gasteiger partial charge in [-0.15, -0.1) is 0 Å². The highest BCUT2D eigenvalue weighted by Crippen LogP contribution is 2.43. The van der Waals surface area contributed by atoms with Crippen molar-refractivity contribution in [3.8, 4) is 0 Å². The van der Waals surface area contributed by atoms with Crippen LogP contribution < -0.4 is 0 Å². The molecule has 0 amide bonds. The average Bonchev–Trinajstić information content (AvgIpc) is 3.92. The largest absolute Gasteiger partial charge is 0.472 e. The Labute approximate surface area is 327 Å². The number of hydrogen-bond donors (Lipinski definition) is 3. The lowest BCUT2D eigenvalue weighted by Gasteiger charge is -2.20. The van der Waals surface area contributed by atoms with Crippen LogP contribution in [0.4, 0.5) is 0 Å². The van der Waals surface area contributed by atoms with Gasteiger partial charge in [0, 0.05) is 12.8 Å². The molecule has 316 valence electrons. The van der Waals surface area contributed by atoms with E-state index in [0.717, 1.165) is 70.6 Å². The van der Waals surface area contributed by atoms with E-state index in [0.29, 0.717) is 25.0 Å². The summed E-state index contributed by atoms with van der Waals surface area (Å²) in [6, 6.07) is 0. The Hall–Kier alpha value is -1.59. The maximum atomic E-state index is 12.6. The van der Waals surface area contributed by atoms with Crippen LogP contribution in [0.5, 0.6) is 0 Å². The van der Waals surface area contributed by atoms with Gasteiger partial charge in [0.15, 0.2) is 6.10 Å². The van der Waals surface area contributed by atoms with Crippen LogP contribution in [-0.4, -0.2) is 77.9 Å². The Morgan fingerprint density at radius 3 is 1.78 bits per heavy atom. The van der Waals surface area contributed by atoms with Gasteiger partial charge in [-0.3, -0.25) is 18.6 Å². The van der Waals surface area contributed by atoms with Gasteiger partial charge in [-0.2, -0.15) is 0 Å². The van der Waals surface area contributed by atoms with Crippen LogP contribution in [0, 0.1) is 0 Å². The van der Waals surface area contributed by atoms with E-state index in [4.69, 9.17) is 23.8 Å². The highest BCUT2D eigenvalue weighted by Gasteiger charge is 2.36. The molecule has 1 fully saturated rings. The van der Waals surface area contributed by atoms with Crippen LogP contribution in [0.15, 0.2) is 24.3 Å². The zero-order valence-electron chi connectivity index (χ0n) is 33.9. The first kappa shape index (κ1) is 50.4. The van der Waals surface area contributed by atoms with Gasteiger partial charge < -0.3 is 29.3 Å². The molecule has 3 unspecified atom stereocenters. The van der Waals surface area contributed by atoms with Crippen LogP contribution >= 0.6 is 7.82 Å². The minimum atomic E-state index is -4.62. The number of epoxide rings is 1. The van der Waals surface area contributed by atoms with Crippen molar-refractivity contribution in [3.05, 3.63) is 24.3 Å². The van der Waals surface area contributed by atoms with Crippen molar-refractivity contribution >= 4 is 19.8 Å². The summed E-state index contributed by atoms with van der Waals surface area (Å²) >= 11 is 0. The maximum absolute atomic E-state index is 12.6. The topological polar surface area (TPSA) is 161 Å². The number of phosphoric ester groups is 1. The Balaban J connectivity index is 2.26. The average molecular weight is 789 g/mol. The second-order valence-electron chi connectivity index (χ2n) is 14.7. The predicted molar refractivity (Wildman–Crippen MR) is 214 cm³/mol. The van der Waals surface area contributed by atoms with Gasteiger partial charge in [-0.05, 0) is 64.2 Å². The molecular formula is C42H77O11P. The molecule has 1 heterocycles. The van der Waals surface area contributed by atoms with Gasteiger partial charge in [0.2, 0.25) is 0 Å². The van der Waals surface area contributed by atoms with Crippen molar-refractivity contribution < 1.29 is 52.5 Å². The number of esters is 2. The third-order valence-electron chi connectivity index (χ3n) is 9.50. The van der Waals surface area contributed by atoms with Crippen molar-refractivity contribution in [2.45, 2.75) is 205 Å². The molecule has 0 radical (unpaired) electrons. The molecule has 1 rings (SSSR count). The Kier molecular flexibility index (Phi) is 32.4. The quantitative estimate of drug-likeness (QED) is 0.0179. The number of phosphoric acid groups is 1. The van der Waals surface area contributed by atoms with Crippen LogP contribution in [0.2, 0.25) is 0 Å². The van der Waals surface area contributed by atoms with Crippen LogP contribution in [0.1, 0.15) is 181 Å². The van der Waals surface area contributed by atoms with Crippen LogP contribution in [0.25, 0.3) is 0 Å². The molecule has 0 saturated carbocycles. The molecule has 12 heteroatoms. The number of unbranched alkanes of at least 4 members (excludes halogenated alkanes) is 18. The van der Waals surface area contributed by atoms with Gasteiger partial charge in [-0.1, -0.05) is 128 Å². The zero-order valence-corrected chi connectivity index (χ0v) is 34.8. The Morgan fingerprint density at radius 1 is 0.648 bits per heavy atom. The molecule has 0 aromatic carbocycles. The first-order chi connectivity index (χ1) is 26.2. The maximum Gasteiger partial charge on any atom is 0.472 e. The number of carbonyl (C=O) groups is 2. The van der Waals surface area contributed by atoms with E-state index in [1.807, 2.05) is 0 Å². The molecule has 3 N–H and O–H groups in total. The van der Waals surface area contributed by atoms with E-state index in [1.165, 1.54) is 70.6 Å². The SMILES string of the molecule is CCCCC/C=C\CC1OC1CCCCCCCC(=O)OC[C@H](COP(=O)(O)OC[C@@H](O)CO)OC(=O)CCCCCCCCC/C=C\CCCCCC. The van der Waals surface area contributed by atoms with Crippen molar-refractivity contribution in [3.63, 3.8) is 0 Å². The summed E-state index contributed by atoms with van der Waals surface area (Å²) in [5.74, 6) is -0.951. The first-order valence-corrected chi connectivity index (χ1v) is 22.9. The molecule has 54 heavy (non-hydrogen) atoms. The fourth-order valence-electron chi connectivity index (χ4n) is 6.05. The van der Waals surface area contributed by atoms with Crippen LogP contribution in [-0.2, 0) is 37.4 Å². The fraction of sp³-hybridized carbons (Fsp3) is 0.857. The summed E-state index contributed by atoms with van der Waals surface area (Å²) < 4.78 is 38.5. The molecule has 1 saturated heterocycles. The normalized spacial score (nSPS) is 17.9.